The Morgan fingerprint density at radius 1 is 0.810 bits per heavy atom. The van der Waals surface area contributed by atoms with Crippen molar-refractivity contribution in [2.75, 3.05) is 26.4 Å². The number of carboxylic acids is 2. The zero-order valence-electron chi connectivity index (χ0n) is 10.8. The third-order valence-corrected chi connectivity index (χ3v) is 2.23. The van der Waals surface area contributed by atoms with Gasteiger partial charge in [0.25, 0.3) is 6.29 Å². The highest BCUT2D eigenvalue weighted by molar-refractivity contribution is 8.00. The largest absolute Gasteiger partial charge is 0.480 e. The molecule has 0 aliphatic rings. The molecule has 0 bridgehead atoms. The van der Waals surface area contributed by atoms with Crippen LogP contribution in [-0.2, 0) is 9.59 Å². The molecule has 8 N–H and O–H groups in total. The molecule has 0 heterocycles. The van der Waals surface area contributed by atoms with E-state index in [9.17, 15) is 9.59 Å². The maximum Gasteiger partial charge on any atom is 0.360 e. The quantitative estimate of drug-likeness (QED) is 0.170. The highest BCUT2D eigenvalue weighted by atomic mass is 32.2. The first kappa shape index (κ1) is 25.4. The van der Waals surface area contributed by atoms with Gasteiger partial charge >= 0.3 is 11.9 Å². The van der Waals surface area contributed by atoms with E-state index in [-0.39, 0.29) is 0 Å². The Morgan fingerprint density at radius 3 is 1.00 bits per heavy atom. The number of thiol groups is 2. The lowest BCUT2D eigenvalue weighted by Crippen LogP contribution is -2.37. The number of aliphatic hydroxyl groups is 6. The van der Waals surface area contributed by atoms with Crippen LogP contribution in [0.3, 0.4) is 0 Å². The number of carbonyl (C=O) groups is 2. The van der Waals surface area contributed by atoms with Gasteiger partial charge in [0.05, 0.1) is 31.8 Å². The topological polar surface area (TPSA) is 196 Å². The number of carboxylic acid groups (broad SMARTS) is 2. The zero-order chi connectivity index (χ0) is 17.6. The average molecular weight is 352 g/mol. The second-order valence-corrected chi connectivity index (χ2v) is 5.00. The molecule has 0 spiro atoms. The summed E-state index contributed by atoms with van der Waals surface area (Å²) in [7, 11) is 0. The van der Waals surface area contributed by atoms with E-state index in [4.69, 9.17) is 40.9 Å². The number of rotatable bonds is 6. The summed E-state index contributed by atoms with van der Waals surface area (Å²) in [5.41, 5.74) is -1.11. The fraction of sp³-hybridized carbons (Fsp3) is 0.778. The van der Waals surface area contributed by atoms with Crippen molar-refractivity contribution in [3.63, 3.8) is 0 Å². The Hall–Kier alpha value is -0.600. The maximum absolute atomic E-state index is 9.55. The number of aliphatic carboxylic acids is 2. The molecule has 10 nitrogen and oxygen atoms in total. The minimum Gasteiger partial charge on any atom is -0.480 e. The van der Waals surface area contributed by atoms with Crippen molar-refractivity contribution in [1.82, 2.24) is 0 Å². The molecular formula is C9H20O10S2. The Labute approximate surface area is 131 Å². The Kier molecular flexibility index (Phi) is 17.3. The monoisotopic (exact) mass is 352 g/mol. The highest BCUT2D eigenvalue weighted by Crippen LogP contribution is 2.11. The van der Waals surface area contributed by atoms with E-state index < -0.39 is 54.7 Å². The van der Waals surface area contributed by atoms with Crippen molar-refractivity contribution >= 4 is 37.2 Å². The lowest BCUT2D eigenvalue weighted by molar-refractivity contribution is -0.165. The lowest BCUT2D eigenvalue weighted by Gasteiger charge is -2.23. The minimum atomic E-state index is -2.23. The summed E-state index contributed by atoms with van der Waals surface area (Å²) in [6.07, 6.45) is -2.23. The van der Waals surface area contributed by atoms with E-state index in [1.807, 2.05) is 0 Å². The van der Waals surface area contributed by atoms with Gasteiger partial charge in [-0.3, -0.25) is 4.79 Å². The molecule has 0 rings (SSSR count). The molecule has 0 saturated heterocycles. The molecule has 0 aromatic carbocycles. The first-order valence-electron chi connectivity index (χ1n) is 5.14. The van der Waals surface area contributed by atoms with Crippen LogP contribution in [0.15, 0.2) is 0 Å². The summed E-state index contributed by atoms with van der Waals surface area (Å²) >= 11 is 6.92. The molecule has 0 aromatic heterocycles. The molecule has 0 fully saturated rings. The Balaban J connectivity index is -0.000000240. The van der Waals surface area contributed by atoms with Crippen molar-refractivity contribution in [2.45, 2.75) is 10.9 Å². The van der Waals surface area contributed by atoms with Gasteiger partial charge in [-0.1, -0.05) is 0 Å². The van der Waals surface area contributed by atoms with Crippen molar-refractivity contribution in [1.29, 1.82) is 0 Å². The average Bonchev–Trinajstić information content (AvgIpc) is 2.43. The molecule has 0 radical (unpaired) electrons. The molecular weight excluding hydrogens is 332 g/mol. The predicted molar refractivity (Wildman–Crippen MR) is 76.0 cm³/mol. The third kappa shape index (κ3) is 15.6. The molecule has 0 aliphatic carbocycles. The van der Waals surface area contributed by atoms with E-state index in [1.54, 1.807) is 0 Å². The second-order valence-electron chi connectivity index (χ2n) is 3.56. The van der Waals surface area contributed by atoms with Crippen LogP contribution in [0.5, 0.6) is 0 Å². The van der Waals surface area contributed by atoms with Crippen molar-refractivity contribution in [2.24, 2.45) is 5.41 Å². The predicted octanol–water partition coefficient (Wildman–Crippen LogP) is -3.42. The fourth-order valence-corrected chi connectivity index (χ4v) is 0.300. The van der Waals surface area contributed by atoms with Crippen molar-refractivity contribution < 1.29 is 50.4 Å². The van der Waals surface area contributed by atoms with Crippen LogP contribution in [0.4, 0.5) is 0 Å². The van der Waals surface area contributed by atoms with Gasteiger partial charge in [0.15, 0.2) is 0 Å². The first-order chi connectivity index (χ1) is 9.53. The van der Waals surface area contributed by atoms with Gasteiger partial charge in [-0.15, -0.1) is 0 Å². The van der Waals surface area contributed by atoms with Crippen LogP contribution in [0.25, 0.3) is 0 Å². The summed E-state index contributed by atoms with van der Waals surface area (Å²) in [4.78, 5) is 18.7. The zero-order valence-corrected chi connectivity index (χ0v) is 12.6. The van der Waals surface area contributed by atoms with E-state index in [1.165, 1.54) is 0 Å². The molecule has 21 heavy (non-hydrogen) atoms. The van der Waals surface area contributed by atoms with Gasteiger partial charge in [-0.05, 0) is 0 Å². The van der Waals surface area contributed by atoms with E-state index in [2.05, 4.69) is 25.3 Å². The molecule has 0 amide bonds. The van der Waals surface area contributed by atoms with Crippen LogP contribution >= 0.6 is 25.3 Å². The summed E-state index contributed by atoms with van der Waals surface area (Å²) < 4.78 is -0.843. The number of hydrogen-bond donors (Lipinski definition) is 10. The van der Waals surface area contributed by atoms with Gasteiger partial charge in [0, 0.05) is 0 Å². The van der Waals surface area contributed by atoms with Crippen molar-refractivity contribution in [3.05, 3.63) is 0 Å². The standard InChI is InChI=1S/C5H12O4.C2H4O4.C2H4O2S2/c6-1-5(2-7,3-8)4-9;2*3-1(4)2(5)6/h6-9H,1-4H2;1,3-4H,(H,5,6);2,5-6H,(H,3,4). The molecule has 0 unspecified atom stereocenters. The van der Waals surface area contributed by atoms with E-state index >= 15 is 0 Å². The van der Waals surface area contributed by atoms with Crippen LogP contribution in [-0.4, -0.2) is 90.1 Å². The Morgan fingerprint density at radius 2 is 1.00 bits per heavy atom. The summed E-state index contributed by atoms with van der Waals surface area (Å²) in [5, 5.41) is 64.5. The number of hydrogen-bond acceptors (Lipinski definition) is 10. The highest BCUT2D eigenvalue weighted by Gasteiger charge is 2.26. The smallest absolute Gasteiger partial charge is 0.360 e. The summed E-state index contributed by atoms with van der Waals surface area (Å²) in [5.74, 6) is -2.64. The first-order valence-corrected chi connectivity index (χ1v) is 6.18. The molecule has 0 aromatic rings. The van der Waals surface area contributed by atoms with Gasteiger partial charge in [-0.25, -0.2) is 4.79 Å². The van der Waals surface area contributed by atoms with E-state index in [0.29, 0.717) is 0 Å². The summed E-state index contributed by atoms with van der Waals surface area (Å²) in [6, 6.07) is 0. The molecule has 128 valence electrons. The van der Waals surface area contributed by atoms with Gasteiger partial charge in [-0.2, -0.15) is 25.3 Å². The van der Waals surface area contributed by atoms with Crippen LogP contribution in [0.1, 0.15) is 0 Å². The number of aliphatic hydroxyl groups excluding tert-OH is 5. The minimum absolute atomic E-state index is 0.406. The Bertz CT molecular complexity index is 244. The van der Waals surface area contributed by atoms with Gasteiger partial charge in [0.1, 0.15) is 4.58 Å². The van der Waals surface area contributed by atoms with Crippen molar-refractivity contribution in [3.8, 4) is 0 Å². The van der Waals surface area contributed by atoms with E-state index in [0.717, 1.165) is 0 Å². The normalized spacial score (nSPS) is 10.4. The van der Waals surface area contributed by atoms with Crippen LogP contribution in [0.2, 0.25) is 0 Å². The lowest BCUT2D eigenvalue weighted by atomic mass is 9.93. The SMILES string of the molecule is O=C(O)C(O)O.O=C(O)C(S)S.OCC(CO)(CO)CO. The second kappa shape index (κ2) is 14.3. The molecule has 0 saturated carbocycles. The molecule has 12 heteroatoms. The van der Waals surface area contributed by atoms with Crippen LogP contribution < -0.4 is 0 Å². The summed E-state index contributed by atoms with van der Waals surface area (Å²) in [6.45, 7) is -1.62. The fourth-order valence-electron chi connectivity index (χ4n) is 0.300. The maximum atomic E-state index is 9.55. The molecule has 0 aliphatic heterocycles. The van der Waals surface area contributed by atoms with Gasteiger partial charge < -0.3 is 40.9 Å². The molecule has 0 atom stereocenters. The third-order valence-electron chi connectivity index (χ3n) is 1.78. The van der Waals surface area contributed by atoms with Gasteiger partial charge in [0.2, 0.25) is 0 Å². The van der Waals surface area contributed by atoms with Crippen LogP contribution in [0, 0.1) is 5.41 Å².